The van der Waals surface area contributed by atoms with E-state index in [-0.39, 0.29) is 11.1 Å². The molecule has 1 saturated carbocycles. The Hall–Kier alpha value is -2.53. The van der Waals surface area contributed by atoms with Crippen molar-refractivity contribution in [3.05, 3.63) is 60.2 Å². The Morgan fingerprint density at radius 2 is 1.77 bits per heavy atom. The van der Waals surface area contributed by atoms with Gasteiger partial charge in [0.2, 0.25) is 5.90 Å². The number of anilines is 1. The van der Waals surface area contributed by atoms with Crippen LogP contribution in [0.25, 0.3) is 0 Å². The van der Waals surface area contributed by atoms with Gasteiger partial charge in [-0.3, -0.25) is 0 Å². The molecular weight excluding hydrogens is 388 g/mol. The highest BCUT2D eigenvalue weighted by molar-refractivity contribution is 6.02. The molecule has 2 atom stereocenters. The van der Waals surface area contributed by atoms with Crippen molar-refractivity contribution in [1.29, 1.82) is 0 Å². The maximum atomic E-state index is 12.1. The number of nitrogens with zero attached hydrogens (tertiary/aromatic N) is 2. The van der Waals surface area contributed by atoms with E-state index in [9.17, 15) is 5.11 Å². The predicted octanol–water partition coefficient (Wildman–Crippen LogP) is 4.90. The van der Waals surface area contributed by atoms with E-state index in [1.165, 1.54) is 6.42 Å². The van der Waals surface area contributed by atoms with Gasteiger partial charge in [-0.05, 0) is 56.5 Å². The topological polar surface area (TPSA) is 54.1 Å². The molecule has 0 aromatic heterocycles. The summed E-state index contributed by atoms with van der Waals surface area (Å²) in [5.41, 5.74) is 0.738. The maximum absolute atomic E-state index is 12.1. The Bertz CT molecular complexity index is 981. The zero-order chi connectivity index (χ0) is 21.7. The molecule has 0 unspecified atom stereocenters. The van der Waals surface area contributed by atoms with Crippen LogP contribution in [-0.4, -0.2) is 41.3 Å². The molecule has 3 aliphatic rings. The number of benzene rings is 2. The molecule has 31 heavy (non-hydrogen) atoms. The van der Waals surface area contributed by atoms with E-state index in [0.717, 1.165) is 42.7 Å². The van der Waals surface area contributed by atoms with Gasteiger partial charge in [0.1, 0.15) is 18.5 Å². The van der Waals surface area contributed by atoms with Crippen molar-refractivity contribution in [2.45, 2.75) is 68.7 Å². The number of aliphatic hydroxyl groups is 1. The molecule has 0 radical (unpaired) electrons. The van der Waals surface area contributed by atoms with Gasteiger partial charge in [-0.2, -0.15) is 0 Å². The Morgan fingerprint density at radius 1 is 1.03 bits per heavy atom. The van der Waals surface area contributed by atoms with Gasteiger partial charge in [0.15, 0.2) is 5.54 Å². The number of hydrogen-bond acceptors (Lipinski definition) is 5. The summed E-state index contributed by atoms with van der Waals surface area (Å²) in [5.74, 6) is 1.42. The van der Waals surface area contributed by atoms with Crippen LogP contribution >= 0.6 is 0 Å². The second-order valence-corrected chi connectivity index (χ2v) is 9.73. The van der Waals surface area contributed by atoms with E-state index < -0.39 is 11.6 Å². The first-order valence-electron chi connectivity index (χ1n) is 11.4. The van der Waals surface area contributed by atoms with Gasteiger partial charge >= 0.3 is 0 Å². The summed E-state index contributed by atoms with van der Waals surface area (Å²) in [7, 11) is 1.66. The quantitative estimate of drug-likeness (QED) is 0.699. The zero-order valence-corrected chi connectivity index (χ0v) is 18.7. The van der Waals surface area contributed by atoms with Crippen LogP contribution in [0.2, 0.25) is 0 Å². The molecular formula is C26H32N2O3. The molecule has 2 aromatic carbocycles. The van der Waals surface area contributed by atoms with Crippen molar-refractivity contribution < 1.29 is 14.6 Å². The fourth-order valence-electron chi connectivity index (χ4n) is 5.86. The van der Waals surface area contributed by atoms with Crippen LogP contribution < -0.4 is 9.64 Å². The second kappa shape index (κ2) is 7.27. The third-order valence-corrected chi connectivity index (χ3v) is 7.23. The van der Waals surface area contributed by atoms with Gasteiger partial charge in [0.05, 0.1) is 18.2 Å². The highest BCUT2D eigenvalue weighted by Crippen LogP contribution is 2.67. The molecule has 0 bridgehead atoms. The number of rotatable bonds is 5. The lowest BCUT2D eigenvalue weighted by Crippen LogP contribution is -2.42. The third kappa shape index (κ3) is 2.97. The summed E-state index contributed by atoms with van der Waals surface area (Å²) in [6, 6.07) is 18.2. The Kier molecular flexibility index (Phi) is 4.78. The SMILES string of the molecule is COc1cccc([C@H](O)[C@]2(C3=NC(C)(C)CO3)N(c3ccccc3)C23CCCCC3)c1. The highest BCUT2D eigenvalue weighted by atomic mass is 16.5. The first-order chi connectivity index (χ1) is 14.9. The average Bonchev–Trinajstić information content (AvgIpc) is 3.18. The lowest BCUT2D eigenvalue weighted by molar-refractivity contribution is 0.130. The minimum atomic E-state index is -0.784. The van der Waals surface area contributed by atoms with Crippen LogP contribution in [0, 0.1) is 0 Å². The van der Waals surface area contributed by atoms with Gasteiger partial charge in [0, 0.05) is 5.69 Å². The molecule has 1 N–H and O–H groups in total. The number of ether oxygens (including phenoxy) is 2. The summed E-state index contributed by atoms with van der Waals surface area (Å²) in [5, 5.41) is 12.1. The standard InChI is InChI=1S/C26H32N2O3/c1-24(2)18-31-23(27-24)26(22(29)19-11-10-14-21(17-19)30-3)25(15-8-5-9-16-25)28(26)20-12-6-4-7-13-20/h4,6-7,10-14,17,22,29H,5,8-9,15-16,18H2,1-3H3/t22-,26+,28?/m0/s1. The largest absolute Gasteiger partial charge is 0.497 e. The Morgan fingerprint density at radius 3 is 2.42 bits per heavy atom. The van der Waals surface area contributed by atoms with Crippen LogP contribution in [0.4, 0.5) is 5.69 Å². The van der Waals surface area contributed by atoms with E-state index in [0.29, 0.717) is 12.5 Å². The number of aliphatic hydroxyl groups excluding tert-OH is 1. The summed E-state index contributed by atoms with van der Waals surface area (Å²) in [4.78, 5) is 7.44. The van der Waals surface area contributed by atoms with E-state index >= 15 is 0 Å². The third-order valence-electron chi connectivity index (χ3n) is 7.23. The van der Waals surface area contributed by atoms with Crippen molar-refractivity contribution in [2.24, 2.45) is 4.99 Å². The summed E-state index contributed by atoms with van der Waals surface area (Å²) >= 11 is 0. The number of aliphatic imine (C=N–C) groups is 1. The van der Waals surface area contributed by atoms with Crippen LogP contribution in [0.15, 0.2) is 59.6 Å². The van der Waals surface area contributed by atoms with E-state index in [2.05, 4.69) is 43.0 Å². The highest BCUT2D eigenvalue weighted by Gasteiger charge is 2.81. The summed E-state index contributed by atoms with van der Waals surface area (Å²) < 4.78 is 11.7. The number of para-hydroxylation sites is 1. The van der Waals surface area contributed by atoms with E-state index in [1.807, 2.05) is 30.3 Å². The van der Waals surface area contributed by atoms with Gasteiger partial charge in [0.25, 0.3) is 0 Å². The van der Waals surface area contributed by atoms with Gasteiger partial charge in [-0.1, -0.05) is 49.6 Å². The average molecular weight is 421 g/mol. The molecule has 5 nitrogen and oxygen atoms in total. The van der Waals surface area contributed by atoms with Gasteiger partial charge in [-0.25, -0.2) is 4.99 Å². The Labute approximate surface area is 184 Å². The van der Waals surface area contributed by atoms with E-state index in [4.69, 9.17) is 14.5 Å². The van der Waals surface area contributed by atoms with E-state index in [1.54, 1.807) is 7.11 Å². The Balaban J connectivity index is 1.70. The predicted molar refractivity (Wildman–Crippen MR) is 123 cm³/mol. The molecule has 1 saturated heterocycles. The van der Waals surface area contributed by atoms with Crippen LogP contribution in [0.3, 0.4) is 0 Å². The smallest absolute Gasteiger partial charge is 0.216 e. The molecule has 164 valence electrons. The van der Waals surface area contributed by atoms with Gasteiger partial charge in [-0.15, -0.1) is 0 Å². The maximum Gasteiger partial charge on any atom is 0.216 e. The molecule has 2 heterocycles. The van der Waals surface area contributed by atoms with Crippen molar-refractivity contribution >= 4 is 11.6 Å². The minimum Gasteiger partial charge on any atom is -0.497 e. The fourth-order valence-corrected chi connectivity index (χ4v) is 5.86. The van der Waals surface area contributed by atoms with Crippen LogP contribution in [-0.2, 0) is 4.74 Å². The lowest BCUT2D eigenvalue weighted by atomic mass is 9.75. The lowest BCUT2D eigenvalue weighted by Gasteiger charge is -2.28. The molecule has 5 heteroatoms. The molecule has 2 aliphatic heterocycles. The molecule has 1 aliphatic carbocycles. The first kappa shape index (κ1) is 20.4. The van der Waals surface area contributed by atoms with Crippen LogP contribution in [0.5, 0.6) is 5.75 Å². The van der Waals surface area contributed by atoms with Crippen LogP contribution in [0.1, 0.15) is 57.6 Å². The number of methoxy groups -OCH3 is 1. The molecule has 0 amide bonds. The second-order valence-electron chi connectivity index (χ2n) is 9.73. The zero-order valence-electron chi connectivity index (χ0n) is 18.7. The summed E-state index contributed by atoms with van der Waals surface area (Å²) in [6.45, 7) is 4.72. The normalized spacial score (nSPS) is 26.8. The first-order valence-corrected chi connectivity index (χ1v) is 11.4. The molecule has 2 fully saturated rings. The van der Waals surface area contributed by atoms with Gasteiger partial charge < -0.3 is 19.5 Å². The van der Waals surface area contributed by atoms with Crippen molar-refractivity contribution in [1.82, 2.24) is 0 Å². The molecule has 1 spiro atoms. The van der Waals surface area contributed by atoms with Crippen molar-refractivity contribution in [3.63, 3.8) is 0 Å². The summed E-state index contributed by atoms with van der Waals surface area (Å²) in [6.07, 6.45) is 4.78. The van der Waals surface area contributed by atoms with Crippen molar-refractivity contribution in [3.8, 4) is 5.75 Å². The van der Waals surface area contributed by atoms with Crippen molar-refractivity contribution in [2.75, 3.05) is 18.6 Å². The monoisotopic (exact) mass is 420 g/mol. The molecule has 2 aromatic rings. The number of hydrogen-bond donors (Lipinski definition) is 1. The minimum absolute atomic E-state index is 0.200. The molecule has 5 rings (SSSR count). The fraction of sp³-hybridized carbons (Fsp3) is 0.500.